The Bertz CT molecular complexity index is 347. The zero-order valence-electron chi connectivity index (χ0n) is 11.2. The van der Waals surface area contributed by atoms with E-state index in [0.29, 0.717) is 12.0 Å². The maximum absolute atomic E-state index is 9.21. The quantitative estimate of drug-likeness (QED) is 0.799. The highest BCUT2D eigenvalue weighted by Crippen LogP contribution is 2.27. The van der Waals surface area contributed by atoms with E-state index in [0.717, 1.165) is 18.8 Å². The van der Waals surface area contributed by atoms with Crippen molar-refractivity contribution in [1.29, 1.82) is 0 Å². The van der Waals surface area contributed by atoms with Gasteiger partial charge < -0.3 is 15.0 Å². The predicted molar refractivity (Wildman–Crippen MR) is 69.9 cm³/mol. The molecule has 1 fully saturated rings. The Morgan fingerprint density at radius 1 is 1.44 bits per heavy atom. The number of hydrogen-bond acceptors (Lipinski definition) is 4. The van der Waals surface area contributed by atoms with Gasteiger partial charge in [-0.2, -0.15) is 0 Å². The number of aryl methyl sites for hydroxylation is 1. The molecule has 18 heavy (non-hydrogen) atoms. The van der Waals surface area contributed by atoms with Gasteiger partial charge in [-0.05, 0) is 25.2 Å². The first-order valence-corrected chi connectivity index (χ1v) is 6.98. The Morgan fingerprint density at radius 3 is 2.83 bits per heavy atom. The molecule has 102 valence electrons. The van der Waals surface area contributed by atoms with Crippen molar-refractivity contribution >= 4 is 0 Å². The molecule has 5 heteroatoms. The van der Waals surface area contributed by atoms with Crippen LogP contribution in [-0.2, 0) is 13.6 Å². The highest BCUT2D eigenvalue weighted by molar-refractivity contribution is 4.86. The summed E-state index contributed by atoms with van der Waals surface area (Å²) in [5.41, 5.74) is 0. The molecule has 1 aliphatic carbocycles. The molecule has 0 unspecified atom stereocenters. The van der Waals surface area contributed by atoms with Gasteiger partial charge in [0.15, 0.2) is 0 Å². The summed E-state index contributed by atoms with van der Waals surface area (Å²) in [7, 11) is 1.96. The predicted octanol–water partition coefficient (Wildman–Crippen LogP) is 1.24. The maximum Gasteiger partial charge on any atom is 0.146 e. The molecule has 1 aromatic heterocycles. The largest absolute Gasteiger partial charge is 0.396 e. The SMILES string of the molecule is Cn1cnnc1CN[C@@H](CCO)C1CCCCC1. The second kappa shape index (κ2) is 6.85. The van der Waals surface area contributed by atoms with Gasteiger partial charge in [0.2, 0.25) is 0 Å². The maximum atomic E-state index is 9.21. The van der Waals surface area contributed by atoms with Crippen molar-refractivity contribution in [3.05, 3.63) is 12.2 Å². The lowest BCUT2D eigenvalue weighted by atomic mass is 9.83. The molecule has 0 radical (unpaired) electrons. The highest BCUT2D eigenvalue weighted by Gasteiger charge is 2.23. The van der Waals surface area contributed by atoms with Gasteiger partial charge in [0, 0.05) is 19.7 Å². The summed E-state index contributed by atoms with van der Waals surface area (Å²) in [6.45, 7) is 0.991. The smallest absolute Gasteiger partial charge is 0.146 e. The zero-order valence-corrected chi connectivity index (χ0v) is 11.2. The Balaban J connectivity index is 1.87. The Morgan fingerprint density at radius 2 is 2.22 bits per heavy atom. The van der Waals surface area contributed by atoms with Crippen LogP contribution in [0.25, 0.3) is 0 Å². The fourth-order valence-corrected chi connectivity index (χ4v) is 2.87. The van der Waals surface area contributed by atoms with Gasteiger partial charge in [-0.15, -0.1) is 10.2 Å². The number of rotatable bonds is 6. The summed E-state index contributed by atoms with van der Waals surface area (Å²) < 4.78 is 1.93. The summed E-state index contributed by atoms with van der Waals surface area (Å²) in [5, 5.41) is 20.7. The molecule has 5 nitrogen and oxygen atoms in total. The van der Waals surface area contributed by atoms with Gasteiger partial charge in [0.1, 0.15) is 12.2 Å². The second-order valence-corrected chi connectivity index (χ2v) is 5.26. The van der Waals surface area contributed by atoms with Crippen LogP contribution >= 0.6 is 0 Å². The fourth-order valence-electron chi connectivity index (χ4n) is 2.87. The van der Waals surface area contributed by atoms with Crippen LogP contribution in [0.3, 0.4) is 0 Å². The molecule has 0 aliphatic heterocycles. The lowest BCUT2D eigenvalue weighted by molar-refractivity contribution is 0.204. The van der Waals surface area contributed by atoms with Crippen LogP contribution in [0.2, 0.25) is 0 Å². The van der Waals surface area contributed by atoms with E-state index in [2.05, 4.69) is 15.5 Å². The molecular formula is C13H24N4O. The van der Waals surface area contributed by atoms with Gasteiger partial charge in [-0.3, -0.25) is 0 Å². The van der Waals surface area contributed by atoms with E-state index in [9.17, 15) is 5.11 Å². The molecule has 0 saturated heterocycles. The molecule has 1 atom stereocenters. The highest BCUT2D eigenvalue weighted by atomic mass is 16.3. The van der Waals surface area contributed by atoms with Crippen LogP contribution in [0, 0.1) is 5.92 Å². The molecule has 0 bridgehead atoms. The number of nitrogens with zero attached hydrogens (tertiary/aromatic N) is 3. The van der Waals surface area contributed by atoms with E-state index < -0.39 is 0 Å². The minimum Gasteiger partial charge on any atom is -0.396 e. The van der Waals surface area contributed by atoms with Crippen LogP contribution in [-0.4, -0.2) is 32.5 Å². The van der Waals surface area contributed by atoms with Crippen LogP contribution in [0.4, 0.5) is 0 Å². The summed E-state index contributed by atoms with van der Waals surface area (Å²) >= 11 is 0. The minimum atomic E-state index is 0.257. The molecule has 1 heterocycles. The third kappa shape index (κ3) is 3.53. The molecular weight excluding hydrogens is 228 g/mol. The molecule has 0 spiro atoms. The fraction of sp³-hybridized carbons (Fsp3) is 0.846. The molecule has 2 N–H and O–H groups in total. The van der Waals surface area contributed by atoms with Gasteiger partial charge in [0.05, 0.1) is 6.54 Å². The monoisotopic (exact) mass is 252 g/mol. The average molecular weight is 252 g/mol. The van der Waals surface area contributed by atoms with E-state index in [-0.39, 0.29) is 6.61 Å². The van der Waals surface area contributed by atoms with Gasteiger partial charge >= 0.3 is 0 Å². The number of aromatic nitrogens is 3. The molecule has 1 saturated carbocycles. The van der Waals surface area contributed by atoms with Gasteiger partial charge in [-0.25, -0.2) is 0 Å². The van der Waals surface area contributed by atoms with Gasteiger partial charge in [-0.1, -0.05) is 19.3 Å². The van der Waals surface area contributed by atoms with Crippen molar-refractivity contribution in [1.82, 2.24) is 20.1 Å². The van der Waals surface area contributed by atoms with Crippen molar-refractivity contribution in [3.8, 4) is 0 Å². The van der Waals surface area contributed by atoms with Crippen molar-refractivity contribution < 1.29 is 5.11 Å². The Hall–Kier alpha value is -0.940. The number of aliphatic hydroxyl groups excluding tert-OH is 1. The van der Waals surface area contributed by atoms with E-state index in [1.54, 1.807) is 6.33 Å². The first-order chi connectivity index (χ1) is 8.81. The van der Waals surface area contributed by atoms with Crippen molar-refractivity contribution in [2.45, 2.75) is 51.1 Å². The van der Waals surface area contributed by atoms with E-state index in [4.69, 9.17) is 0 Å². The topological polar surface area (TPSA) is 63.0 Å². The lowest BCUT2D eigenvalue weighted by Crippen LogP contribution is -2.38. The van der Waals surface area contributed by atoms with E-state index in [1.807, 2.05) is 11.6 Å². The van der Waals surface area contributed by atoms with Crippen LogP contribution in [0.15, 0.2) is 6.33 Å². The summed E-state index contributed by atoms with van der Waals surface area (Å²) in [6, 6.07) is 0.409. The Kier molecular flexibility index (Phi) is 5.13. The summed E-state index contributed by atoms with van der Waals surface area (Å²) in [6.07, 6.45) is 9.16. The normalized spacial score (nSPS) is 19.0. The second-order valence-electron chi connectivity index (χ2n) is 5.26. The minimum absolute atomic E-state index is 0.257. The van der Waals surface area contributed by atoms with E-state index >= 15 is 0 Å². The lowest BCUT2D eigenvalue weighted by Gasteiger charge is -2.30. The summed E-state index contributed by atoms with van der Waals surface area (Å²) in [4.78, 5) is 0. The first-order valence-electron chi connectivity index (χ1n) is 6.98. The number of aliphatic hydroxyl groups is 1. The van der Waals surface area contributed by atoms with Crippen molar-refractivity contribution in [2.24, 2.45) is 13.0 Å². The first kappa shape index (κ1) is 13.5. The third-order valence-electron chi connectivity index (χ3n) is 3.99. The molecule has 0 aromatic carbocycles. The van der Waals surface area contributed by atoms with Crippen molar-refractivity contribution in [3.63, 3.8) is 0 Å². The van der Waals surface area contributed by atoms with Crippen LogP contribution < -0.4 is 5.32 Å². The standard InChI is InChI=1S/C13H24N4O/c1-17-10-15-16-13(17)9-14-12(7-8-18)11-5-3-2-4-6-11/h10-12,14,18H,2-9H2,1H3/t12-/m0/s1. The molecule has 1 aliphatic rings. The Labute approximate surface area is 109 Å². The molecule has 2 rings (SSSR count). The van der Waals surface area contributed by atoms with E-state index in [1.165, 1.54) is 32.1 Å². The zero-order chi connectivity index (χ0) is 12.8. The van der Waals surface area contributed by atoms with Gasteiger partial charge in [0.25, 0.3) is 0 Å². The average Bonchev–Trinajstić information content (AvgIpc) is 2.81. The third-order valence-corrected chi connectivity index (χ3v) is 3.99. The number of hydrogen-bond donors (Lipinski definition) is 2. The van der Waals surface area contributed by atoms with Crippen LogP contribution in [0.1, 0.15) is 44.3 Å². The number of nitrogens with one attached hydrogen (secondary N) is 1. The van der Waals surface area contributed by atoms with Crippen LogP contribution in [0.5, 0.6) is 0 Å². The summed E-state index contributed by atoms with van der Waals surface area (Å²) in [5.74, 6) is 1.66. The van der Waals surface area contributed by atoms with Crippen molar-refractivity contribution in [2.75, 3.05) is 6.61 Å². The molecule has 1 aromatic rings. The molecule has 0 amide bonds.